The number of amides is 1. The summed E-state index contributed by atoms with van der Waals surface area (Å²) in [6.45, 7) is 5.33. The van der Waals surface area contributed by atoms with Crippen LogP contribution in [-0.2, 0) is 14.8 Å². The Morgan fingerprint density at radius 2 is 2.09 bits per heavy atom. The Kier molecular flexibility index (Phi) is 6.01. The third-order valence-electron chi connectivity index (χ3n) is 3.87. The molecule has 1 heterocycles. The summed E-state index contributed by atoms with van der Waals surface area (Å²) in [5.41, 5.74) is 0.708. The van der Waals surface area contributed by atoms with Crippen LogP contribution in [0.4, 0.5) is 5.69 Å². The van der Waals surface area contributed by atoms with E-state index in [0.29, 0.717) is 30.9 Å². The van der Waals surface area contributed by atoms with Crippen LogP contribution in [-0.4, -0.2) is 50.8 Å². The van der Waals surface area contributed by atoms with E-state index in [0.717, 1.165) is 12.8 Å². The van der Waals surface area contributed by atoms with Gasteiger partial charge >= 0.3 is 0 Å². The lowest BCUT2D eigenvalue weighted by molar-refractivity contribution is 0.00728. The maximum absolute atomic E-state index is 12.8. The Morgan fingerprint density at radius 1 is 1.35 bits per heavy atom. The van der Waals surface area contributed by atoms with Gasteiger partial charge in [-0.15, -0.1) is 0 Å². The smallest absolute Gasteiger partial charge is 0.256 e. The van der Waals surface area contributed by atoms with Gasteiger partial charge in [-0.2, -0.15) is 0 Å². The molecule has 1 aromatic carbocycles. The number of benzene rings is 1. The molecule has 1 amide bonds. The summed E-state index contributed by atoms with van der Waals surface area (Å²) >= 11 is 0. The average molecular weight is 340 g/mol. The number of carbonyl (C=O) groups excluding carboxylic acids is 1. The molecule has 0 spiro atoms. The zero-order valence-electron chi connectivity index (χ0n) is 13.6. The zero-order chi connectivity index (χ0) is 16.9. The number of sulfonamides is 1. The van der Waals surface area contributed by atoms with Crippen molar-refractivity contribution in [3.63, 3.8) is 0 Å². The number of rotatable bonds is 6. The molecule has 0 unspecified atom stereocenters. The second kappa shape index (κ2) is 7.79. The van der Waals surface area contributed by atoms with Crippen molar-refractivity contribution >= 4 is 21.6 Å². The van der Waals surface area contributed by atoms with Crippen LogP contribution in [0.25, 0.3) is 0 Å². The normalized spacial score (nSPS) is 18.7. The van der Waals surface area contributed by atoms with Gasteiger partial charge in [0.05, 0.1) is 23.1 Å². The number of anilines is 1. The maximum atomic E-state index is 12.8. The van der Waals surface area contributed by atoms with Crippen LogP contribution in [0.5, 0.6) is 0 Å². The van der Waals surface area contributed by atoms with Gasteiger partial charge in [-0.25, -0.2) is 8.42 Å². The van der Waals surface area contributed by atoms with Crippen LogP contribution in [0.3, 0.4) is 0 Å². The highest BCUT2D eigenvalue weighted by Crippen LogP contribution is 2.22. The fraction of sp³-hybridized carbons (Fsp3) is 0.562. The van der Waals surface area contributed by atoms with E-state index in [4.69, 9.17) is 4.74 Å². The Morgan fingerprint density at radius 3 is 2.78 bits per heavy atom. The van der Waals surface area contributed by atoms with Crippen molar-refractivity contribution in [3.05, 3.63) is 29.8 Å². The molecule has 0 radical (unpaired) electrons. The number of likely N-dealkylation sites (tertiary alicyclic amines) is 1. The summed E-state index contributed by atoms with van der Waals surface area (Å²) < 4.78 is 31.7. The first-order valence-corrected chi connectivity index (χ1v) is 9.62. The van der Waals surface area contributed by atoms with Crippen molar-refractivity contribution in [2.45, 2.75) is 32.8 Å². The fourth-order valence-corrected chi connectivity index (χ4v) is 3.32. The molecule has 23 heavy (non-hydrogen) atoms. The van der Waals surface area contributed by atoms with Crippen LogP contribution in [0.15, 0.2) is 24.3 Å². The van der Waals surface area contributed by atoms with Gasteiger partial charge in [0, 0.05) is 19.7 Å². The van der Waals surface area contributed by atoms with Gasteiger partial charge < -0.3 is 9.64 Å². The summed E-state index contributed by atoms with van der Waals surface area (Å²) in [6.07, 6.45) is 1.89. The predicted octanol–water partition coefficient (Wildman–Crippen LogP) is 2.09. The number of para-hydroxylation sites is 1. The topological polar surface area (TPSA) is 75.7 Å². The first-order chi connectivity index (χ1) is 11.0. The SMILES string of the molecule is CCO[C@H]1CCCN(C(=O)c2ccccc2NS(=O)(=O)CC)C1. The molecule has 1 aliphatic rings. The van der Waals surface area contributed by atoms with E-state index in [1.165, 1.54) is 0 Å². The van der Waals surface area contributed by atoms with Gasteiger partial charge in [0.2, 0.25) is 10.0 Å². The highest BCUT2D eigenvalue weighted by atomic mass is 32.2. The van der Waals surface area contributed by atoms with E-state index < -0.39 is 10.0 Å². The fourth-order valence-electron chi connectivity index (χ4n) is 2.66. The lowest BCUT2D eigenvalue weighted by Crippen LogP contribution is -2.43. The van der Waals surface area contributed by atoms with E-state index in [-0.39, 0.29) is 17.8 Å². The van der Waals surface area contributed by atoms with Crippen molar-refractivity contribution in [2.24, 2.45) is 0 Å². The van der Waals surface area contributed by atoms with Crippen molar-refractivity contribution in [3.8, 4) is 0 Å². The van der Waals surface area contributed by atoms with Crippen LogP contribution < -0.4 is 4.72 Å². The molecule has 2 rings (SSSR count). The van der Waals surface area contributed by atoms with Gasteiger partial charge in [-0.1, -0.05) is 12.1 Å². The quantitative estimate of drug-likeness (QED) is 0.860. The van der Waals surface area contributed by atoms with E-state index in [2.05, 4.69) is 4.72 Å². The first-order valence-electron chi connectivity index (χ1n) is 7.97. The molecular weight excluding hydrogens is 316 g/mol. The third kappa shape index (κ3) is 4.68. The minimum absolute atomic E-state index is 0.0361. The molecule has 1 N–H and O–H groups in total. The zero-order valence-corrected chi connectivity index (χ0v) is 14.4. The first kappa shape index (κ1) is 17.7. The molecule has 0 bridgehead atoms. The van der Waals surface area contributed by atoms with E-state index >= 15 is 0 Å². The molecule has 0 aliphatic carbocycles. The minimum atomic E-state index is -3.42. The van der Waals surface area contributed by atoms with Gasteiger partial charge in [0.15, 0.2) is 0 Å². The molecule has 1 atom stereocenters. The molecule has 128 valence electrons. The van der Waals surface area contributed by atoms with E-state index in [1.54, 1.807) is 36.1 Å². The number of piperidine rings is 1. The predicted molar refractivity (Wildman–Crippen MR) is 90.1 cm³/mol. The Balaban J connectivity index is 2.19. The number of nitrogens with zero attached hydrogens (tertiary/aromatic N) is 1. The van der Waals surface area contributed by atoms with Crippen LogP contribution in [0.2, 0.25) is 0 Å². The van der Waals surface area contributed by atoms with Crippen LogP contribution in [0.1, 0.15) is 37.0 Å². The maximum Gasteiger partial charge on any atom is 0.256 e. The van der Waals surface area contributed by atoms with Crippen molar-refractivity contribution in [1.82, 2.24) is 4.90 Å². The van der Waals surface area contributed by atoms with Gasteiger partial charge in [-0.05, 0) is 38.8 Å². The van der Waals surface area contributed by atoms with Crippen LogP contribution >= 0.6 is 0 Å². The standard InChI is InChI=1S/C16H24N2O4S/c1-3-22-13-8-7-11-18(12-13)16(19)14-9-5-6-10-15(14)17-23(20,21)4-2/h5-6,9-10,13,17H,3-4,7-8,11-12H2,1-2H3/t13-/m0/s1. The summed E-state index contributed by atoms with van der Waals surface area (Å²) in [5, 5.41) is 0. The third-order valence-corrected chi connectivity index (χ3v) is 5.16. The number of hydrogen-bond donors (Lipinski definition) is 1. The molecule has 0 aromatic heterocycles. The molecule has 1 fully saturated rings. The second-order valence-electron chi connectivity index (χ2n) is 5.52. The Hall–Kier alpha value is -1.60. The van der Waals surface area contributed by atoms with E-state index in [1.807, 2.05) is 6.92 Å². The second-order valence-corrected chi connectivity index (χ2v) is 7.53. The molecular formula is C16H24N2O4S. The highest BCUT2D eigenvalue weighted by molar-refractivity contribution is 7.92. The Bertz CT molecular complexity index is 643. The average Bonchev–Trinajstić information content (AvgIpc) is 2.55. The largest absolute Gasteiger partial charge is 0.377 e. The lowest BCUT2D eigenvalue weighted by atomic mass is 10.1. The summed E-state index contributed by atoms with van der Waals surface area (Å²) in [6, 6.07) is 6.72. The lowest BCUT2D eigenvalue weighted by Gasteiger charge is -2.33. The van der Waals surface area contributed by atoms with Gasteiger partial charge in [-0.3, -0.25) is 9.52 Å². The van der Waals surface area contributed by atoms with Crippen molar-refractivity contribution in [1.29, 1.82) is 0 Å². The number of hydrogen-bond acceptors (Lipinski definition) is 4. The molecule has 1 aliphatic heterocycles. The van der Waals surface area contributed by atoms with Crippen LogP contribution in [0, 0.1) is 0 Å². The minimum Gasteiger partial charge on any atom is -0.377 e. The van der Waals surface area contributed by atoms with E-state index in [9.17, 15) is 13.2 Å². The monoisotopic (exact) mass is 340 g/mol. The van der Waals surface area contributed by atoms with Crippen molar-refractivity contribution < 1.29 is 17.9 Å². The summed E-state index contributed by atoms with van der Waals surface area (Å²) in [5.74, 6) is -0.199. The molecule has 1 saturated heterocycles. The highest BCUT2D eigenvalue weighted by Gasteiger charge is 2.26. The van der Waals surface area contributed by atoms with Crippen molar-refractivity contribution in [2.75, 3.05) is 30.2 Å². The molecule has 1 aromatic rings. The van der Waals surface area contributed by atoms with Gasteiger partial charge in [0.25, 0.3) is 5.91 Å². The number of carbonyl (C=O) groups is 1. The summed E-state index contributed by atoms with van der Waals surface area (Å²) in [7, 11) is -3.42. The molecule has 6 nitrogen and oxygen atoms in total. The summed E-state index contributed by atoms with van der Waals surface area (Å²) in [4.78, 5) is 14.5. The molecule has 7 heteroatoms. The van der Waals surface area contributed by atoms with Gasteiger partial charge in [0.1, 0.15) is 0 Å². The molecule has 0 saturated carbocycles. The Labute approximate surface area is 137 Å². The number of nitrogens with one attached hydrogen (secondary N) is 1. The number of ether oxygens (including phenoxy) is 1.